The third kappa shape index (κ3) is 4.00. The molecule has 1 unspecified atom stereocenters. The van der Waals surface area contributed by atoms with E-state index in [4.69, 9.17) is 0 Å². The lowest BCUT2D eigenvalue weighted by atomic mass is 10.1. The Morgan fingerprint density at radius 3 is 2.93 bits per heavy atom. The van der Waals surface area contributed by atoms with E-state index in [1.54, 1.807) is 24.1 Å². The van der Waals surface area contributed by atoms with E-state index in [0.717, 1.165) is 26.1 Å². The van der Waals surface area contributed by atoms with Crippen molar-refractivity contribution in [2.24, 2.45) is 5.92 Å². The van der Waals surface area contributed by atoms with Crippen molar-refractivity contribution >= 4 is 28.3 Å². The molecule has 1 atom stereocenters. The molecule has 1 aliphatic rings. The van der Waals surface area contributed by atoms with Crippen LogP contribution in [0.5, 0.6) is 0 Å². The second kappa shape index (κ2) is 7.85. The number of H-pyrrole nitrogens is 1. The fraction of sp³-hybridized carbons (Fsp3) is 0.381. The predicted molar refractivity (Wildman–Crippen MR) is 112 cm³/mol. The predicted octanol–water partition coefficient (Wildman–Crippen LogP) is 2.89. The van der Waals surface area contributed by atoms with Gasteiger partial charge in [0.15, 0.2) is 5.69 Å². The van der Waals surface area contributed by atoms with E-state index in [-0.39, 0.29) is 11.6 Å². The maximum absolute atomic E-state index is 12.8. The summed E-state index contributed by atoms with van der Waals surface area (Å²) >= 11 is 1.84. The molecule has 3 heterocycles. The van der Waals surface area contributed by atoms with Crippen molar-refractivity contribution in [3.63, 3.8) is 0 Å². The number of aromatic amines is 1. The molecule has 0 spiro atoms. The van der Waals surface area contributed by atoms with Crippen LogP contribution in [0, 0.1) is 12.8 Å². The standard InChI is InChI=1S/C21H24N4O2S/c1-14-7-8-16(28-14)13-25-10-9-15(12-25)11-24(2)21(27)19-20(26)23-18-6-4-3-5-17(18)22-19/h3-8,15H,9-13H2,1-2H3,(H,23,26). The minimum atomic E-state index is -0.434. The molecule has 1 aliphatic heterocycles. The minimum Gasteiger partial charge on any atom is -0.340 e. The van der Waals surface area contributed by atoms with E-state index in [1.807, 2.05) is 23.5 Å². The molecule has 0 saturated carbocycles. The summed E-state index contributed by atoms with van der Waals surface area (Å²) in [5, 5.41) is 0. The van der Waals surface area contributed by atoms with Crippen molar-refractivity contribution in [1.29, 1.82) is 0 Å². The van der Waals surface area contributed by atoms with Crippen LogP contribution < -0.4 is 5.56 Å². The molecule has 4 rings (SSSR count). The fourth-order valence-electron chi connectivity index (χ4n) is 3.82. The zero-order valence-corrected chi connectivity index (χ0v) is 17.0. The molecule has 3 aromatic rings. The average molecular weight is 397 g/mol. The monoisotopic (exact) mass is 396 g/mol. The number of para-hydroxylation sites is 2. The molecule has 146 valence electrons. The number of aryl methyl sites for hydroxylation is 1. The van der Waals surface area contributed by atoms with Gasteiger partial charge in [-0.25, -0.2) is 4.98 Å². The number of amides is 1. The highest BCUT2D eigenvalue weighted by Gasteiger charge is 2.27. The lowest BCUT2D eigenvalue weighted by molar-refractivity contribution is 0.0766. The van der Waals surface area contributed by atoms with Crippen LogP contribution >= 0.6 is 11.3 Å². The van der Waals surface area contributed by atoms with E-state index >= 15 is 0 Å². The van der Waals surface area contributed by atoms with Crippen LogP contribution in [0.3, 0.4) is 0 Å². The van der Waals surface area contributed by atoms with Gasteiger partial charge in [0, 0.05) is 36.4 Å². The Kier molecular flexibility index (Phi) is 5.28. The van der Waals surface area contributed by atoms with Gasteiger partial charge in [0.05, 0.1) is 11.0 Å². The van der Waals surface area contributed by atoms with E-state index < -0.39 is 5.56 Å². The zero-order chi connectivity index (χ0) is 19.7. The van der Waals surface area contributed by atoms with Gasteiger partial charge >= 0.3 is 0 Å². The van der Waals surface area contributed by atoms with Crippen LogP contribution in [-0.2, 0) is 6.54 Å². The van der Waals surface area contributed by atoms with Gasteiger partial charge in [0.1, 0.15) is 0 Å². The van der Waals surface area contributed by atoms with Crippen molar-refractivity contribution in [2.75, 3.05) is 26.7 Å². The zero-order valence-electron chi connectivity index (χ0n) is 16.1. The number of fused-ring (bicyclic) bond motifs is 1. The largest absolute Gasteiger partial charge is 0.340 e. The summed E-state index contributed by atoms with van der Waals surface area (Å²) in [4.78, 5) is 39.0. The Bertz CT molecular complexity index is 1060. The summed E-state index contributed by atoms with van der Waals surface area (Å²) in [6, 6.07) is 11.6. The van der Waals surface area contributed by atoms with Crippen LogP contribution in [0.25, 0.3) is 11.0 Å². The van der Waals surface area contributed by atoms with Crippen LogP contribution in [0.1, 0.15) is 26.7 Å². The number of hydrogen-bond donors (Lipinski definition) is 1. The van der Waals surface area contributed by atoms with Gasteiger partial charge in [-0.05, 0) is 50.1 Å². The SMILES string of the molecule is Cc1ccc(CN2CCC(CN(C)C(=O)c3nc4ccccc4[nH]c3=O)C2)s1. The number of nitrogens with zero attached hydrogens (tertiary/aromatic N) is 3. The first-order valence-electron chi connectivity index (χ1n) is 9.52. The van der Waals surface area contributed by atoms with Crippen molar-refractivity contribution in [3.05, 3.63) is 62.2 Å². The van der Waals surface area contributed by atoms with E-state index in [1.165, 1.54) is 9.75 Å². The van der Waals surface area contributed by atoms with Gasteiger partial charge in [-0.15, -0.1) is 11.3 Å². The molecule has 28 heavy (non-hydrogen) atoms. The number of carbonyl (C=O) groups is 1. The molecular formula is C21H24N4O2S. The summed E-state index contributed by atoms with van der Waals surface area (Å²) in [5.74, 6) is 0.0916. The number of carbonyl (C=O) groups excluding carboxylic acids is 1. The Labute approximate surface area is 167 Å². The van der Waals surface area contributed by atoms with Crippen LogP contribution in [0.4, 0.5) is 0 Å². The molecule has 0 aliphatic carbocycles. The maximum atomic E-state index is 12.8. The first-order valence-corrected chi connectivity index (χ1v) is 10.3. The highest BCUT2D eigenvalue weighted by Crippen LogP contribution is 2.23. The first-order chi connectivity index (χ1) is 13.5. The molecule has 1 fully saturated rings. The third-order valence-electron chi connectivity index (χ3n) is 5.23. The number of nitrogens with one attached hydrogen (secondary N) is 1. The van der Waals surface area contributed by atoms with E-state index in [2.05, 4.69) is 33.9 Å². The number of rotatable bonds is 5. The van der Waals surface area contributed by atoms with Crippen molar-refractivity contribution < 1.29 is 4.79 Å². The molecule has 1 amide bonds. The quantitative estimate of drug-likeness (QED) is 0.720. The van der Waals surface area contributed by atoms with Gasteiger partial charge in [0.2, 0.25) is 0 Å². The van der Waals surface area contributed by atoms with Gasteiger partial charge in [0.25, 0.3) is 11.5 Å². The van der Waals surface area contributed by atoms with E-state index in [0.29, 0.717) is 23.5 Å². The molecule has 6 nitrogen and oxygen atoms in total. The highest BCUT2D eigenvalue weighted by molar-refractivity contribution is 7.11. The highest BCUT2D eigenvalue weighted by atomic mass is 32.1. The molecular weight excluding hydrogens is 372 g/mol. The summed E-state index contributed by atoms with van der Waals surface area (Å²) in [5.41, 5.74) is 0.792. The van der Waals surface area contributed by atoms with Gasteiger partial charge in [-0.2, -0.15) is 0 Å². The second-order valence-corrected chi connectivity index (χ2v) is 8.89. The third-order valence-corrected chi connectivity index (χ3v) is 6.21. The van der Waals surface area contributed by atoms with E-state index in [9.17, 15) is 9.59 Å². The van der Waals surface area contributed by atoms with Gasteiger partial charge in [-0.3, -0.25) is 14.5 Å². The van der Waals surface area contributed by atoms with Crippen molar-refractivity contribution in [1.82, 2.24) is 19.8 Å². The summed E-state index contributed by atoms with van der Waals surface area (Å²) in [7, 11) is 1.75. The number of hydrogen-bond acceptors (Lipinski definition) is 5. The normalized spacial score (nSPS) is 17.3. The molecule has 1 saturated heterocycles. The fourth-order valence-corrected chi connectivity index (χ4v) is 4.75. The second-order valence-electron chi connectivity index (χ2n) is 7.52. The topological polar surface area (TPSA) is 69.3 Å². The Morgan fingerprint density at radius 2 is 2.14 bits per heavy atom. The van der Waals surface area contributed by atoms with Crippen LogP contribution in [-0.4, -0.2) is 52.4 Å². The van der Waals surface area contributed by atoms with Crippen LogP contribution in [0.15, 0.2) is 41.2 Å². The molecule has 0 bridgehead atoms. The Morgan fingerprint density at radius 1 is 1.32 bits per heavy atom. The minimum absolute atomic E-state index is 0.0369. The lowest BCUT2D eigenvalue weighted by Crippen LogP contribution is -2.36. The Balaban J connectivity index is 1.40. The number of aromatic nitrogens is 2. The molecule has 7 heteroatoms. The number of benzene rings is 1. The van der Waals surface area contributed by atoms with Crippen molar-refractivity contribution in [3.8, 4) is 0 Å². The summed E-state index contributed by atoms with van der Waals surface area (Å²) in [6.07, 6.45) is 1.06. The maximum Gasteiger partial charge on any atom is 0.280 e. The Hall–Kier alpha value is -2.51. The number of likely N-dealkylation sites (tertiary alicyclic amines) is 1. The van der Waals surface area contributed by atoms with Gasteiger partial charge < -0.3 is 9.88 Å². The van der Waals surface area contributed by atoms with Crippen molar-refractivity contribution in [2.45, 2.75) is 19.9 Å². The molecule has 0 radical (unpaired) electrons. The molecule has 1 aromatic carbocycles. The first kappa shape index (κ1) is 18.8. The molecule has 1 N–H and O–H groups in total. The number of thiophene rings is 1. The van der Waals surface area contributed by atoms with Gasteiger partial charge in [-0.1, -0.05) is 12.1 Å². The lowest BCUT2D eigenvalue weighted by Gasteiger charge is -2.21. The molecule has 2 aromatic heterocycles. The average Bonchev–Trinajstić information content (AvgIpc) is 3.29. The summed E-state index contributed by atoms with van der Waals surface area (Å²) in [6.45, 7) is 5.74. The summed E-state index contributed by atoms with van der Waals surface area (Å²) < 4.78 is 0. The van der Waals surface area contributed by atoms with Crippen LogP contribution in [0.2, 0.25) is 0 Å². The smallest absolute Gasteiger partial charge is 0.280 e.